The van der Waals surface area contributed by atoms with Crippen molar-refractivity contribution in [2.75, 3.05) is 19.0 Å². The Balaban J connectivity index is 1.25. The lowest BCUT2D eigenvalue weighted by atomic mass is 9.76. The summed E-state index contributed by atoms with van der Waals surface area (Å²) in [6, 6.07) is 3.61. The summed E-state index contributed by atoms with van der Waals surface area (Å²) in [5.41, 5.74) is 1.55. The van der Waals surface area contributed by atoms with Crippen molar-refractivity contribution in [3.05, 3.63) is 29.2 Å². The lowest BCUT2D eigenvalue weighted by molar-refractivity contribution is 0.0609. The maximum absolute atomic E-state index is 12.6. The summed E-state index contributed by atoms with van der Waals surface area (Å²) in [5, 5.41) is 24.0. The Hall–Kier alpha value is -2.92. The summed E-state index contributed by atoms with van der Waals surface area (Å²) in [4.78, 5) is 26.2. The van der Waals surface area contributed by atoms with Gasteiger partial charge < -0.3 is 19.9 Å². The van der Waals surface area contributed by atoms with E-state index in [1.807, 2.05) is 0 Å². The van der Waals surface area contributed by atoms with Gasteiger partial charge in [-0.1, -0.05) is 0 Å². The number of rotatable bonds is 6. The van der Waals surface area contributed by atoms with E-state index >= 15 is 0 Å². The van der Waals surface area contributed by atoms with Gasteiger partial charge in [0, 0.05) is 32.2 Å². The predicted molar refractivity (Wildman–Crippen MR) is 112 cm³/mol. The van der Waals surface area contributed by atoms with E-state index in [0.717, 1.165) is 37.8 Å². The molecule has 0 saturated carbocycles. The van der Waals surface area contributed by atoms with Crippen LogP contribution >= 0.6 is 0 Å². The number of carbonyl (C=O) groups is 2. The van der Waals surface area contributed by atoms with Crippen LogP contribution in [0, 0.1) is 5.92 Å². The highest BCUT2D eigenvalue weighted by Gasteiger charge is 2.59. The van der Waals surface area contributed by atoms with Gasteiger partial charge in [0.1, 0.15) is 5.69 Å². The van der Waals surface area contributed by atoms with E-state index < -0.39 is 6.09 Å². The fraction of sp³-hybridized carbons (Fsp3) is 0.619. The molecule has 3 aliphatic rings. The Bertz CT molecular complexity index is 1020. The van der Waals surface area contributed by atoms with Gasteiger partial charge in [0.05, 0.1) is 36.2 Å². The summed E-state index contributed by atoms with van der Waals surface area (Å²) in [5.74, 6) is 0.245. The maximum Gasteiger partial charge on any atom is 0.408 e. The minimum atomic E-state index is -0.816. The minimum absolute atomic E-state index is 0.150. The van der Waals surface area contributed by atoms with Crippen LogP contribution in [0.1, 0.15) is 60.1 Å². The van der Waals surface area contributed by atoms with Gasteiger partial charge in [-0.25, -0.2) is 4.79 Å². The van der Waals surface area contributed by atoms with Gasteiger partial charge in [-0.3, -0.25) is 19.5 Å². The van der Waals surface area contributed by atoms with Crippen LogP contribution in [0.5, 0.6) is 0 Å². The minimum Gasteiger partial charge on any atom is -0.465 e. The molecule has 2 atom stereocenters. The smallest absolute Gasteiger partial charge is 0.408 e. The molecule has 5 rings (SSSR count). The van der Waals surface area contributed by atoms with Gasteiger partial charge >= 0.3 is 6.09 Å². The molecule has 2 amide bonds. The lowest BCUT2D eigenvalue weighted by Crippen LogP contribution is -2.50. The molecule has 2 aromatic rings. The molecule has 11 heteroatoms. The van der Waals surface area contributed by atoms with Crippen molar-refractivity contribution in [1.82, 2.24) is 24.9 Å². The molecule has 0 aromatic carbocycles. The van der Waals surface area contributed by atoms with E-state index in [0.29, 0.717) is 30.4 Å². The third-order valence-corrected chi connectivity index (χ3v) is 7.27. The summed E-state index contributed by atoms with van der Waals surface area (Å²) in [6.45, 7) is 0.856. The molecule has 11 nitrogen and oxygen atoms in total. The topological polar surface area (TPSA) is 135 Å². The third kappa shape index (κ3) is 3.36. The molecular weight excluding hydrogens is 416 g/mol. The second-order valence-corrected chi connectivity index (χ2v) is 8.98. The number of carbonyl (C=O) groups excluding carboxylic acids is 1. The molecule has 0 spiro atoms. The van der Waals surface area contributed by atoms with Gasteiger partial charge in [0.25, 0.3) is 5.91 Å². The van der Waals surface area contributed by atoms with Crippen molar-refractivity contribution in [2.45, 2.75) is 56.4 Å². The molecule has 2 unspecified atom stereocenters. The van der Waals surface area contributed by atoms with Crippen molar-refractivity contribution in [3.8, 4) is 0 Å². The molecule has 172 valence electrons. The molecule has 3 aliphatic heterocycles. The number of hydrogen-bond acceptors (Lipinski definition) is 6. The molecule has 0 aliphatic carbocycles. The van der Waals surface area contributed by atoms with Crippen molar-refractivity contribution in [2.24, 2.45) is 13.0 Å². The van der Waals surface area contributed by atoms with Crippen molar-refractivity contribution < 1.29 is 24.2 Å². The molecule has 2 bridgehead atoms. The average Bonchev–Trinajstić information content (AvgIpc) is 3.56. The number of aromatic nitrogens is 4. The van der Waals surface area contributed by atoms with Crippen LogP contribution in [-0.2, 0) is 23.1 Å². The first-order chi connectivity index (χ1) is 15.4. The third-order valence-electron chi connectivity index (χ3n) is 7.27. The van der Waals surface area contributed by atoms with Crippen LogP contribution < -0.4 is 5.32 Å². The van der Waals surface area contributed by atoms with E-state index in [-0.39, 0.29) is 29.5 Å². The van der Waals surface area contributed by atoms with Gasteiger partial charge in [0.2, 0.25) is 0 Å². The Morgan fingerprint density at radius 1 is 1.38 bits per heavy atom. The number of ether oxygens (including phenoxy) is 2. The van der Waals surface area contributed by atoms with E-state index in [1.54, 1.807) is 31.2 Å². The van der Waals surface area contributed by atoms with Crippen molar-refractivity contribution in [3.63, 3.8) is 0 Å². The zero-order valence-electron chi connectivity index (χ0n) is 18.2. The van der Waals surface area contributed by atoms with Crippen molar-refractivity contribution >= 4 is 17.8 Å². The Morgan fingerprint density at radius 2 is 2.16 bits per heavy atom. The normalized spacial score (nSPS) is 29.1. The first-order valence-corrected chi connectivity index (χ1v) is 10.9. The first-order valence-electron chi connectivity index (χ1n) is 10.9. The lowest BCUT2D eigenvalue weighted by Gasteiger charge is -2.37. The molecule has 5 heterocycles. The number of amides is 2. The standard InChI is InChI=1S/C21H28N6O5/c1-26-16(8-13(25-26)11-31-2)19(28)22-18-9-15(23-24-18)17-7-12(10-32-17)21-5-3-14(4-6-21)27(21)20(29)30/h8-9,12,14,17H,3-7,10-11H2,1-2H3,(H,29,30)(H2,22,23,24,28)/t12?,14-,17?,21+. The van der Waals surface area contributed by atoms with Crippen LogP contribution in [-0.4, -0.2) is 67.3 Å². The quantitative estimate of drug-likeness (QED) is 0.622. The second kappa shape index (κ2) is 7.89. The van der Waals surface area contributed by atoms with Crippen LogP contribution in [0.15, 0.2) is 12.1 Å². The Morgan fingerprint density at radius 3 is 2.88 bits per heavy atom. The van der Waals surface area contributed by atoms with Crippen molar-refractivity contribution in [1.29, 1.82) is 0 Å². The molecule has 0 radical (unpaired) electrons. The molecular formula is C21H28N6O5. The average molecular weight is 444 g/mol. The number of nitrogens with one attached hydrogen (secondary N) is 2. The number of methoxy groups -OCH3 is 1. The summed E-state index contributed by atoms with van der Waals surface area (Å²) in [6.07, 6.45) is 3.40. The van der Waals surface area contributed by atoms with E-state index in [1.165, 1.54) is 4.68 Å². The number of aromatic amines is 1. The van der Waals surface area contributed by atoms with Crippen LogP contribution in [0.2, 0.25) is 0 Å². The number of hydrogen-bond donors (Lipinski definition) is 3. The number of carboxylic acid groups (broad SMARTS) is 1. The SMILES string of the molecule is COCc1cc(C(=O)Nc2cc(C3CC([C@]45CC[C@H](CC4)N5C(=O)O)CO3)[nH]n2)n(C)n1. The number of nitrogens with zero attached hydrogens (tertiary/aromatic N) is 4. The Labute approximate surface area is 185 Å². The summed E-state index contributed by atoms with van der Waals surface area (Å²) >= 11 is 0. The Kier molecular flexibility index (Phi) is 5.17. The zero-order chi connectivity index (χ0) is 22.5. The highest BCUT2D eigenvalue weighted by Crippen LogP contribution is 2.54. The van der Waals surface area contributed by atoms with Gasteiger partial charge in [-0.2, -0.15) is 10.2 Å². The second-order valence-electron chi connectivity index (χ2n) is 8.98. The van der Waals surface area contributed by atoms with Gasteiger partial charge in [0.15, 0.2) is 5.82 Å². The maximum atomic E-state index is 12.6. The first kappa shape index (κ1) is 21.0. The van der Waals surface area contributed by atoms with E-state index in [2.05, 4.69) is 20.6 Å². The molecule has 3 N–H and O–H groups in total. The highest BCUT2D eigenvalue weighted by atomic mass is 16.5. The van der Waals surface area contributed by atoms with Gasteiger partial charge in [-0.05, 0) is 38.2 Å². The number of fused-ring (bicyclic) bond motifs is 2. The summed E-state index contributed by atoms with van der Waals surface area (Å²) in [7, 11) is 3.28. The van der Waals surface area contributed by atoms with E-state index in [9.17, 15) is 14.7 Å². The zero-order valence-corrected chi connectivity index (χ0v) is 18.2. The highest BCUT2D eigenvalue weighted by molar-refractivity contribution is 6.02. The largest absolute Gasteiger partial charge is 0.465 e. The van der Waals surface area contributed by atoms with Crippen LogP contribution in [0.3, 0.4) is 0 Å². The van der Waals surface area contributed by atoms with E-state index in [4.69, 9.17) is 9.47 Å². The van der Waals surface area contributed by atoms with Crippen LogP contribution in [0.4, 0.5) is 10.6 Å². The number of H-pyrrole nitrogens is 1. The monoisotopic (exact) mass is 444 g/mol. The molecule has 32 heavy (non-hydrogen) atoms. The fourth-order valence-corrected chi connectivity index (χ4v) is 5.84. The molecule has 2 aromatic heterocycles. The predicted octanol–water partition coefficient (Wildman–Crippen LogP) is 2.29. The summed E-state index contributed by atoms with van der Waals surface area (Å²) < 4.78 is 12.6. The molecule has 3 saturated heterocycles. The van der Waals surface area contributed by atoms with Crippen LogP contribution in [0.25, 0.3) is 0 Å². The van der Waals surface area contributed by atoms with Gasteiger partial charge in [-0.15, -0.1) is 0 Å². The number of aryl methyl sites for hydroxylation is 1. The molecule has 3 fully saturated rings. The number of anilines is 1. The fourth-order valence-electron chi connectivity index (χ4n) is 5.84.